The van der Waals surface area contributed by atoms with E-state index in [2.05, 4.69) is 17.5 Å². The van der Waals surface area contributed by atoms with Crippen LogP contribution >= 0.6 is 23.2 Å². The maximum absolute atomic E-state index is 11.5. The highest BCUT2D eigenvalue weighted by Gasteiger charge is 2.00. The van der Waals surface area contributed by atoms with Gasteiger partial charge in [-0.25, -0.2) is 5.43 Å². The first-order valence-electron chi connectivity index (χ1n) is 6.90. The van der Waals surface area contributed by atoms with Crippen molar-refractivity contribution in [1.29, 1.82) is 0 Å². The number of unbranched alkanes of at least 4 members (excludes halogenated alkanes) is 4. The van der Waals surface area contributed by atoms with Gasteiger partial charge in [-0.2, -0.15) is 5.10 Å². The van der Waals surface area contributed by atoms with Crippen molar-refractivity contribution in [1.82, 2.24) is 5.43 Å². The first-order chi connectivity index (χ1) is 9.63. The molecule has 0 unspecified atom stereocenters. The molecule has 0 aliphatic heterocycles. The average molecular weight is 315 g/mol. The van der Waals surface area contributed by atoms with Gasteiger partial charge in [-0.1, -0.05) is 61.9 Å². The summed E-state index contributed by atoms with van der Waals surface area (Å²) in [4.78, 5) is 11.5. The molecule has 0 aliphatic carbocycles. The van der Waals surface area contributed by atoms with Crippen LogP contribution in [0.5, 0.6) is 0 Å². The molecule has 0 atom stereocenters. The largest absolute Gasteiger partial charge is 0.273 e. The summed E-state index contributed by atoms with van der Waals surface area (Å²) in [6.45, 7) is 2.17. The third-order valence-corrected chi connectivity index (χ3v) is 3.43. The summed E-state index contributed by atoms with van der Waals surface area (Å²) in [5.41, 5.74) is 3.22. The van der Waals surface area contributed by atoms with Gasteiger partial charge >= 0.3 is 0 Å². The maximum atomic E-state index is 11.5. The van der Waals surface area contributed by atoms with E-state index in [0.29, 0.717) is 16.5 Å². The molecule has 5 heteroatoms. The Kier molecular flexibility index (Phi) is 8.31. The summed E-state index contributed by atoms with van der Waals surface area (Å²) < 4.78 is 0. The molecule has 1 N–H and O–H groups in total. The van der Waals surface area contributed by atoms with Crippen molar-refractivity contribution < 1.29 is 4.79 Å². The summed E-state index contributed by atoms with van der Waals surface area (Å²) in [5.74, 6) is -0.0668. The zero-order valence-corrected chi connectivity index (χ0v) is 13.2. The normalized spacial score (nSPS) is 10.9. The van der Waals surface area contributed by atoms with E-state index in [0.717, 1.165) is 18.4 Å². The molecule has 1 rings (SSSR count). The molecule has 20 heavy (non-hydrogen) atoms. The second-order valence-electron chi connectivity index (χ2n) is 4.62. The highest BCUT2D eigenvalue weighted by atomic mass is 35.5. The Hall–Kier alpha value is -1.06. The van der Waals surface area contributed by atoms with E-state index in [4.69, 9.17) is 23.2 Å². The molecule has 1 amide bonds. The first-order valence-corrected chi connectivity index (χ1v) is 7.66. The highest BCUT2D eigenvalue weighted by Crippen LogP contribution is 2.19. The van der Waals surface area contributed by atoms with Crippen molar-refractivity contribution >= 4 is 35.3 Å². The van der Waals surface area contributed by atoms with E-state index in [1.165, 1.54) is 25.5 Å². The molecule has 0 fully saturated rings. The van der Waals surface area contributed by atoms with E-state index in [9.17, 15) is 4.79 Å². The molecule has 0 spiro atoms. The number of carbonyl (C=O) groups excluding carboxylic acids is 1. The minimum absolute atomic E-state index is 0.0668. The molecule has 3 nitrogen and oxygen atoms in total. The van der Waals surface area contributed by atoms with Gasteiger partial charge in [0, 0.05) is 17.0 Å². The van der Waals surface area contributed by atoms with Crippen molar-refractivity contribution in [2.75, 3.05) is 0 Å². The number of nitrogens with zero attached hydrogens (tertiary/aromatic N) is 1. The summed E-state index contributed by atoms with van der Waals surface area (Å²) in [5, 5.41) is 4.98. The Morgan fingerprint density at radius 1 is 1.25 bits per heavy atom. The van der Waals surface area contributed by atoms with Crippen molar-refractivity contribution in [3.8, 4) is 0 Å². The lowest BCUT2D eigenvalue weighted by Gasteiger charge is -2.01. The lowest BCUT2D eigenvalue weighted by molar-refractivity contribution is -0.121. The minimum atomic E-state index is -0.0668. The molecule has 1 aromatic carbocycles. The zero-order chi connectivity index (χ0) is 14.8. The summed E-state index contributed by atoms with van der Waals surface area (Å²) >= 11 is 11.8. The maximum Gasteiger partial charge on any atom is 0.240 e. The number of rotatable bonds is 8. The lowest BCUT2D eigenvalue weighted by atomic mass is 10.1. The second kappa shape index (κ2) is 9.78. The molecular weight excluding hydrogens is 295 g/mol. The Balaban J connectivity index is 2.28. The van der Waals surface area contributed by atoms with Crippen molar-refractivity contribution in [2.45, 2.75) is 45.4 Å². The Labute approximate surface area is 130 Å². The number of nitrogens with one attached hydrogen (secondary N) is 1. The van der Waals surface area contributed by atoms with Gasteiger partial charge in [-0.05, 0) is 18.6 Å². The van der Waals surface area contributed by atoms with E-state index < -0.39 is 0 Å². The Morgan fingerprint density at radius 3 is 2.70 bits per heavy atom. The van der Waals surface area contributed by atoms with Gasteiger partial charge in [0.25, 0.3) is 0 Å². The quantitative estimate of drug-likeness (QED) is 0.418. The van der Waals surface area contributed by atoms with Gasteiger partial charge in [-0.15, -0.1) is 0 Å². The molecule has 0 heterocycles. The van der Waals surface area contributed by atoms with Crippen LogP contribution < -0.4 is 5.43 Å². The molecule has 0 saturated heterocycles. The van der Waals surface area contributed by atoms with Gasteiger partial charge in [0.15, 0.2) is 0 Å². The summed E-state index contributed by atoms with van der Waals surface area (Å²) in [6.07, 6.45) is 7.65. The molecule has 0 aromatic heterocycles. The third-order valence-electron chi connectivity index (χ3n) is 2.86. The fourth-order valence-corrected chi connectivity index (χ4v) is 2.18. The van der Waals surface area contributed by atoms with E-state index in [1.54, 1.807) is 18.2 Å². The summed E-state index contributed by atoms with van der Waals surface area (Å²) in [6, 6.07) is 5.12. The van der Waals surface area contributed by atoms with Crippen LogP contribution in [0.2, 0.25) is 10.0 Å². The van der Waals surface area contributed by atoms with Gasteiger partial charge < -0.3 is 0 Å². The molecular formula is C15H20Cl2N2O. The van der Waals surface area contributed by atoms with Crippen LogP contribution in [-0.2, 0) is 4.79 Å². The predicted molar refractivity (Wildman–Crippen MR) is 85.6 cm³/mol. The van der Waals surface area contributed by atoms with Crippen LogP contribution in [-0.4, -0.2) is 12.1 Å². The van der Waals surface area contributed by atoms with E-state index in [-0.39, 0.29) is 5.91 Å². The number of hydrogen-bond acceptors (Lipinski definition) is 2. The molecule has 0 saturated carbocycles. The van der Waals surface area contributed by atoms with Gasteiger partial charge in [-0.3, -0.25) is 4.79 Å². The number of amides is 1. The number of carbonyl (C=O) groups is 1. The van der Waals surface area contributed by atoms with Gasteiger partial charge in [0.05, 0.1) is 11.2 Å². The summed E-state index contributed by atoms with van der Waals surface area (Å²) in [7, 11) is 0. The van der Waals surface area contributed by atoms with Crippen LogP contribution in [0.1, 0.15) is 51.0 Å². The van der Waals surface area contributed by atoms with Crippen LogP contribution in [0.15, 0.2) is 23.3 Å². The molecule has 0 radical (unpaired) electrons. The molecule has 110 valence electrons. The molecule has 0 bridgehead atoms. The second-order valence-corrected chi connectivity index (χ2v) is 5.47. The Bertz CT molecular complexity index is 461. The lowest BCUT2D eigenvalue weighted by Crippen LogP contribution is -2.16. The van der Waals surface area contributed by atoms with Crippen LogP contribution in [0, 0.1) is 0 Å². The SMILES string of the molecule is CCCCCCCC(=O)N/N=C/c1ccc(Cl)cc1Cl. The number of benzene rings is 1. The Morgan fingerprint density at radius 2 is 2.00 bits per heavy atom. The molecule has 1 aromatic rings. The van der Waals surface area contributed by atoms with E-state index >= 15 is 0 Å². The van der Waals surface area contributed by atoms with Crippen LogP contribution in [0.25, 0.3) is 0 Å². The number of halogens is 2. The van der Waals surface area contributed by atoms with Crippen molar-refractivity contribution in [2.24, 2.45) is 5.10 Å². The predicted octanol–water partition coefficient (Wildman–Crippen LogP) is 4.80. The van der Waals surface area contributed by atoms with Crippen LogP contribution in [0.3, 0.4) is 0 Å². The topological polar surface area (TPSA) is 41.5 Å². The fourth-order valence-electron chi connectivity index (χ4n) is 1.73. The average Bonchev–Trinajstić information content (AvgIpc) is 2.41. The number of hydrazone groups is 1. The van der Waals surface area contributed by atoms with Crippen molar-refractivity contribution in [3.05, 3.63) is 33.8 Å². The number of hydrogen-bond donors (Lipinski definition) is 1. The zero-order valence-electron chi connectivity index (χ0n) is 11.7. The van der Waals surface area contributed by atoms with E-state index in [1.807, 2.05) is 0 Å². The van der Waals surface area contributed by atoms with Gasteiger partial charge in [0.2, 0.25) is 5.91 Å². The van der Waals surface area contributed by atoms with Crippen molar-refractivity contribution in [3.63, 3.8) is 0 Å². The smallest absolute Gasteiger partial charge is 0.240 e. The third kappa shape index (κ3) is 6.92. The van der Waals surface area contributed by atoms with Crippen LogP contribution in [0.4, 0.5) is 0 Å². The highest BCUT2D eigenvalue weighted by molar-refractivity contribution is 6.36. The standard InChI is InChI=1S/C15H20Cl2N2O/c1-2-3-4-5-6-7-15(20)19-18-11-12-8-9-13(16)10-14(12)17/h8-11H,2-7H2,1H3,(H,19,20)/b18-11+. The molecule has 0 aliphatic rings. The monoisotopic (exact) mass is 314 g/mol. The minimum Gasteiger partial charge on any atom is -0.273 e. The fraction of sp³-hybridized carbons (Fsp3) is 0.467. The first kappa shape index (κ1) is 17.0. The van der Waals surface area contributed by atoms with Gasteiger partial charge in [0.1, 0.15) is 0 Å².